The number of rotatable bonds is 22. The van der Waals surface area contributed by atoms with Crippen molar-refractivity contribution in [1.29, 1.82) is 0 Å². The van der Waals surface area contributed by atoms with Crippen molar-refractivity contribution in [3.05, 3.63) is 70.8 Å². The zero-order valence-electron chi connectivity index (χ0n) is 51.3. The lowest BCUT2D eigenvalue weighted by molar-refractivity contribution is -0.124. The van der Waals surface area contributed by atoms with E-state index in [2.05, 4.69) is 38.8 Å². The quantitative estimate of drug-likeness (QED) is 0.0420. The van der Waals surface area contributed by atoms with E-state index in [4.69, 9.17) is 60.8 Å². The number of fused-ring (bicyclic) bond motifs is 4. The average Bonchev–Trinajstić information content (AvgIpc) is 1.62. The summed E-state index contributed by atoms with van der Waals surface area (Å²) in [5.41, 5.74) is 22.5. The van der Waals surface area contributed by atoms with Crippen LogP contribution < -0.4 is 82.1 Å². The molecule has 4 saturated heterocycles. The second-order valence-corrected chi connectivity index (χ2v) is 24.9. The molecule has 8 heterocycles. The van der Waals surface area contributed by atoms with Crippen LogP contribution in [0.1, 0.15) is 93.8 Å². The number of benzene rings is 4. The van der Waals surface area contributed by atoms with E-state index in [-0.39, 0.29) is 48.2 Å². The summed E-state index contributed by atoms with van der Waals surface area (Å²) in [5.74, 6) is -1.18. The lowest BCUT2D eigenvalue weighted by Gasteiger charge is -2.17. The van der Waals surface area contributed by atoms with Crippen LogP contribution in [0.15, 0.2) is 48.5 Å². The lowest BCUT2D eigenvalue weighted by atomic mass is 9.97. The fraction of sp³-hybridized carbons (Fsp3) is 0.400. The molecule has 4 fully saturated rings. The molecule has 0 spiro atoms. The van der Waals surface area contributed by atoms with E-state index in [1.165, 1.54) is 51.5 Å². The Balaban J connectivity index is 0.000000148. The molecule has 500 valence electrons. The summed E-state index contributed by atoms with van der Waals surface area (Å²) in [7, 11) is 5.83. The summed E-state index contributed by atoms with van der Waals surface area (Å²) in [6.07, 6.45) is 0.617. The van der Waals surface area contributed by atoms with E-state index in [0.717, 1.165) is 65.5 Å². The lowest BCUT2D eigenvalue weighted by Crippen LogP contribution is -2.34. The first-order chi connectivity index (χ1) is 45.1. The topological polar surface area (TPSA) is 414 Å². The molecule has 12 N–H and O–H groups in total. The van der Waals surface area contributed by atoms with Crippen molar-refractivity contribution in [1.82, 2.24) is 38.8 Å². The van der Waals surface area contributed by atoms with Gasteiger partial charge in [0.1, 0.15) is 49.4 Å². The maximum absolute atomic E-state index is 13.8. The summed E-state index contributed by atoms with van der Waals surface area (Å²) >= 11 is 4.75. The molecule has 4 aromatic heterocycles. The van der Waals surface area contributed by atoms with Gasteiger partial charge in [-0.2, -0.15) is 17.5 Å². The summed E-state index contributed by atoms with van der Waals surface area (Å²) in [6.45, 7) is 4.62. The van der Waals surface area contributed by atoms with Gasteiger partial charge in [0.15, 0.2) is 12.3 Å². The van der Waals surface area contributed by atoms with Gasteiger partial charge in [0.2, 0.25) is 35.3 Å². The summed E-state index contributed by atoms with van der Waals surface area (Å²) in [6, 6.07) is 12.4. The van der Waals surface area contributed by atoms with E-state index in [0.29, 0.717) is 107 Å². The van der Waals surface area contributed by atoms with Crippen LogP contribution in [0.4, 0.5) is 8.78 Å². The number of methoxy groups -OCH3 is 4. The second-order valence-electron chi connectivity index (χ2n) is 21.6. The molecule has 0 saturated carbocycles. The molecular weight excluding hydrogens is 1310 g/mol. The molecule has 8 aromatic rings. The first-order valence-corrected chi connectivity index (χ1v) is 32.3. The zero-order valence-corrected chi connectivity index (χ0v) is 54.6. The number of primary amides is 4. The molecule has 0 bridgehead atoms. The van der Waals surface area contributed by atoms with Crippen LogP contribution in [0.5, 0.6) is 46.5 Å². The molecule has 12 rings (SSSR count). The summed E-state index contributed by atoms with van der Waals surface area (Å²) in [4.78, 5) is 91.1. The third kappa shape index (κ3) is 15.4. The number of nitrogens with two attached hydrogens (primary N) is 4. The Morgan fingerprint density at radius 3 is 0.936 bits per heavy atom. The van der Waals surface area contributed by atoms with Crippen LogP contribution in [0.2, 0.25) is 0 Å². The van der Waals surface area contributed by atoms with Crippen LogP contribution >= 0.6 is 46.1 Å². The second kappa shape index (κ2) is 30.5. The summed E-state index contributed by atoms with van der Waals surface area (Å²) < 4.78 is 91.2. The molecule has 8 amide bonds. The maximum Gasteiger partial charge on any atom is 0.255 e. The fourth-order valence-electron chi connectivity index (χ4n) is 10.8. The highest BCUT2D eigenvalue weighted by atomic mass is 32.1. The molecule has 34 heteroatoms. The number of nitrogens with zero attached hydrogens (tertiary/aromatic N) is 4. The predicted octanol–water partition coefficient (Wildman–Crippen LogP) is 5.41. The van der Waals surface area contributed by atoms with Gasteiger partial charge < -0.3 is 82.1 Å². The maximum atomic E-state index is 13.8. The summed E-state index contributed by atoms with van der Waals surface area (Å²) in [5, 5.41) is 13.8. The number of amides is 8. The van der Waals surface area contributed by atoms with Gasteiger partial charge in [0.05, 0.1) is 115 Å². The van der Waals surface area contributed by atoms with Gasteiger partial charge in [-0.15, -0.1) is 0 Å². The Morgan fingerprint density at radius 2 is 0.713 bits per heavy atom. The smallest absolute Gasteiger partial charge is 0.255 e. The number of aromatic nitrogens is 4. The molecule has 94 heavy (non-hydrogen) atoms. The van der Waals surface area contributed by atoms with Crippen LogP contribution in [0.3, 0.4) is 0 Å². The molecule has 4 aliphatic rings. The molecule has 4 aromatic carbocycles. The number of hydrogen-bond acceptors (Lipinski definition) is 24. The minimum Gasteiger partial charge on any atom is -0.496 e. The van der Waals surface area contributed by atoms with Crippen molar-refractivity contribution in [3.8, 4) is 46.5 Å². The van der Waals surface area contributed by atoms with Crippen LogP contribution in [-0.4, -0.2) is 156 Å². The predicted molar refractivity (Wildman–Crippen MR) is 344 cm³/mol. The van der Waals surface area contributed by atoms with Gasteiger partial charge in [0.25, 0.3) is 35.4 Å². The minimum absolute atomic E-state index is 0.0102. The highest BCUT2D eigenvalue weighted by molar-refractivity contribution is 7.14. The van der Waals surface area contributed by atoms with Crippen molar-refractivity contribution >= 4 is 134 Å². The van der Waals surface area contributed by atoms with Crippen LogP contribution in [0.25, 0.3) is 40.3 Å². The molecule has 4 unspecified atom stereocenters. The normalized spacial score (nSPS) is 20.3. The Labute approximate surface area is 550 Å². The monoisotopic (exact) mass is 1380 g/mol. The van der Waals surface area contributed by atoms with E-state index in [9.17, 15) is 47.1 Å². The first kappa shape index (κ1) is 68.8. The van der Waals surface area contributed by atoms with Crippen LogP contribution in [0, 0.1) is 11.8 Å². The number of carbonyl (C=O) groups excluding carboxylic acids is 8. The Hall–Kier alpha value is -9.54. The van der Waals surface area contributed by atoms with Crippen molar-refractivity contribution < 1.29 is 85.0 Å². The average molecular weight is 1380 g/mol. The number of alkyl halides is 2. The number of halogens is 2. The molecule has 8 atom stereocenters. The highest BCUT2D eigenvalue weighted by Gasteiger charge is 2.43. The fourth-order valence-corrected chi connectivity index (χ4v) is 13.8. The van der Waals surface area contributed by atoms with Crippen molar-refractivity contribution in [2.24, 2.45) is 34.8 Å². The Morgan fingerprint density at radius 1 is 0.447 bits per heavy atom. The molecular formula is C60H66F2N12O16S4. The first-order valence-electron chi connectivity index (χ1n) is 29.2. The zero-order chi connectivity index (χ0) is 67.7. The van der Waals surface area contributed by atoms with Gasteiger partial charge >= 0.3 is 0 Å². The van der Waals surface area contributed by atoms with Crippen molar-refractivity contribution in [2.75, 3.05) is 54.9 Å². The minimum atomic E-state index is -1.51. The van der Waals surface area contributed by atoms with E-state index >= 15 is 0 Å². The SMILES string of the molecule is CCC1C(COc2nsc3cc(C(N)=O)c(OC)cc23)NC(=O)C1F.CC[C@@H]1[C@H](F)C(=O)N[C@@H]1COc1nsc2cc(C(N)=O)c(OC)cc12.COc1cc2c(OCC3CCC(=O)N3)nsc2cc1C(N)=O.COc1cc2c(OC[C@@H]3CCC(=O)N3)nsc2cc1C(N)=O. The molecule has 0 radical (unpaired) electrons. The van der Waals surface area contributed by atoms with E-state index in [1.807, 2.05) is 13.8 Å². The van der Waals surface area contributed by atoms with Crippen LogP contribution in [-0.2, 0) is 19.2 Å². The third-order valence-electron chi connectivity index (χ3n) is 15.8. The molecule has 4 aliphatic heterocycles. The van der Waals surface area contributed by atoms with Crippen molar-refractivity contribution in [3.63, 3.8) is 0 Å². The Bertz CT molecular complexity index is 3920. The number of ether oxygens (including phenoxy) is 8. The number of carbonyl (C=O) groups is 8. The Kier molecular flexibility index (Phi) is 22.3. The third-order valence-corrected chi connectivity index (χ3v) is 19.0. The highest BCUT2D eigenvalue weighted by Crippen LogP contribution is 2.39. The van der Waals surface area contributed by atoms with E-state index < -0.39 is 71.7 Å². The van der Waals surface area contributed by atoms with E-state index in [1.54, 1.807) is 48.5 Å². The van der Waals surface area contributed by atoms with Gasteiger partial charge in [-0.1, -0.05) is 13.8 Å². The molecule has 28 nitrogen and oxygen atoms in total. The van der Waals surface area contributed by atoms with Gasteiger partial charge in [-0.25, -0.2) is 8.78 Å². The number of hydrogen-bond donors (Lipinski definition) is 8. The van der Waals surface area contributed by atoms with Gasteiger partial charge in [-0.3, -0.25) is 38.4 Å². The van der Waals surface area contributed by atoms with Crippen molar-refractivity contribution in [2.45, 2.75) is 88.9 Å². The van der Waals surface area contributed by atoms with Gasteiger partial charge in [0, 0.05) is 24.7 Å². The molecule has 0 aliphatic carbocycles. The van der Waals surface area contributed by atoms with Gasteiger partial charge in [-0.05, 0) is 120 Å². The standard InChI is InChI=1S/2C16H18FN3O4S.2C14H15N3O4S/c2*1-3-7-10(19-15(22)13(7)17)6-24-16-9-4-11(23-2)8(14(18)21)5-12(9)25-20-16;2*1-20-10-4-9-11(5-8(10)13(15)19)22-17-14(9)21-6-7-2-3-12(18)16-7/h2*4-5,7,10,13H,3,6H2,1-2H3,(H2,18,21)(H,19,22);2*4-5,7H,2-3,6H2,1H3,(H2,15,19)(H,16,18)/t7-,10+,13-;;7-;/m0.0./s1. The largest absolute Gasteiger partial charge is 0.496 e. The number of nitrogens with one attached hydrogen (secondary N) is 4.